The first-order valence-corrected chi connectivity index (χ1v) is 11.3. The van der Waals surface area contributed by atoms with Crippen LogP contribution < -0.4 is 5.32 Å². The third-order valence-electron chi connectivity index (χ3n) is 5.97. The molecule has 1 unspecified atom stereocenters. The number of amides is 2. The number of ether oxygens (including phenoxy) is 1. The average Bonchev–Trinajstić information content (AvgIpc) is 2.87. The van der Waals surface area contributed by atoms with Gasteiger partial charge in [-0.1, -0.05) is 66.7 Å². The van der Waals surface area contributed by atoms with E-state index in [2.05, 4.69) is 10.3 Å². The Morgan fingerprint density at radius 1 is 1.03 bits per heavy atom. The molecule has 2 aromatic carbocycles. The second kappa shape index (κ2) is 10.9. The number of likely N-dealkylation sites (tertiary alicyclic amines) is 1. The molecule has 1 atom stereocenters. The molecule has 1 fully saturated rings. The smallest absolute Gasteiger partial charge is 0.248 e. The highest BCUT2D eigenvalue weighted by molar-refractivity contribution is 5.93. The van der Waals surface area contributed by atoms with Gasteiger partial charge in [0.25, 0.3) is 0 Å². The van der Waals surface area contributed by atoms with Gasteiger partial charge in [0.15, 0.2) is 0 Å². The Labute approximate surface area is 194 Å². The third kappa shape index (κ3) is 5.84. The summed E-state index contributed by atoms with van der Waals surface area (Å²) in [5.74, 6) is 0.117. The number of rotatable bonds is 7. The lowest BCUT2D eigenvalue weighted by Gasteiger charge is -2.32. The normalized spacial score (nSPS) is 15.9. The van der Waals surface area contributed by atoms with E-state index < -0.39 is 0 Å². The maximum atomic E-state index is 13.0. The van der Waals surface area contributed by atoms with Crippen LogP contribution in [0.1, 0.15) is 35.6 Å². The molecule has 6 nitrogen and oxygen atoms in total. The molecular formula is C27H29N3O3. The van der Waals surface area contributed by atoms with Gasteiger partial charge in [0, 0.05) is 19.3 Å². The van der Waals surface area contributed by atoms with E-state index >= 15 is 0 Å². The number of carbonyl (C=O) groups is 2. The lowest BCUT2D eigenvalue weighted by Crippen LogP contribution is -2.45. The summed E-state index contributed by atoms with van der Waals surface area (Å²) < 4.78 is 6.13. The van der Waals surface area contributed by atoms with E-state index in [-0.39, 0.29) is 30.4 Å². The minimum absolute atomic E-state index is 0.0395. The highest BCUT2D eigenvalue weighted by Gasteiger charge is 2.29. The number of pyridine rings is 1. The first kappa shape index (κ1) is 22.7. The number of hydrogen-bond donors (Lipinski definition) is 1. The summed E-state index contributed by atoms with van der Waals surface area (Å²) in [6, 6.07) is 23.5. The fraction of sp³-hybridized carbons (Fsp3) is 0.296. The van der Waals surface area contributed by atoms with Crippen molar-refractivity contribution in [1.82, 2.24) is 9.88 Å². The molecule has 1 aliphatic heterocycles. The summed E-state index contributed by atoms with van der Waals surface area (Å²) in [5, 5.41) is 2.91. The van der Waals surface area contributed by atoms with Gasteiger partial charge in [-0.3, -0.25) is 9.59 Å². The van der Waals surface area contributed by atoms with Crippen molar-refractivity contribution >= 4 is 17.6 Å². The minimum Gasteiger partial charge on any atom is -0.359 e. The zero-order valence-corrected chi connectivity index (χ0v) is 18.8. The summed E-state index contributed by atoms with van der Waals surface area (Å²) >= 11 is 0. The van der Waals surface area contributed by atoms with Crippen molar-refractivity contribution in [3.63, 3.8) is 0 Å². The van der Waals surface area contributed by atoms with Crippen molar-refractivity contribution in [2.24, 2.45) is 5.92 Å². The van der Waals surface area contributed by atoms with Crippen LogP contribution >= 0.6 is 0 Å². The molecule has 1 saturated heterocycles. The topological polar surface area (TPSA) is 71.5 Å². The van der Waals surface area contributed by atoms with Crippen LogP contribution in [0.25, 0.3) is 0 Å². The highest BCUT2D eigenvalue weighted by Crippen LogP contribution is 2.26. The van der Waals surface area contributed by atoms with Crippen LogP contribution in [0.5, 0.6) is 0 Å². The molecule has 33 heavy (non-hydrogen) atoms. The van der Waals surface area contributed by atoms with Crippen molar-refractivity contribution in [2.75, 3.05) is 25.0 Å². The number of nitrogens with zero attached hydrogens (tertiary/aromatic N) is 2. The van der Waals surface area contributed by atoms with E-state index in [1.54, 1.807) is 11.1 Å². The maximum absolute atomic E-state index is 13.0. The average molecular weight is 444 g/mol. The largest absolute Gasteiger partial charge is 0.359 e. The molecule has 0 spiro atoms. The van der Waals surface area contributed by atoms with Gasteiger partial charge in [-0.05, 0) is 42.5 Å². The van der Waals surface area contributed by atoms with Crippen LogP contribution in [-0.2, 0) is 14.3 Å². The van der Waals surface area contributed by atoms with Gasteiger partial charge in [-0.2, -0.15) is 0 Å². The van der Waals surface area contributed by atoms with Crippen LogP contribution in [0.2, 0.25) is 0 Å². The van der Waals surface area contributed by atoms with Gasteiger partial charge in [0.05, 0.1) is 5.92 Å². The number of piperidine rings is 1. The Kier molecular flexibility index (Phi) is 7.47. The predicted molar refractivity (Wildman–Crippen MR) is 128 cm³/mol. The van der Waals surface area contributed by atoms with Gasteiger partial charge < -0.3 is 15.0 Å². The monoisotopic (exact) mass is 443 g/mol. The second-order valence-corrected chi connectivity index (χ2v) is 8.35. The molecule has 0 radical (unpaired) electrons. The van der Waals surface area contributed by atoms with Gasteiger partial charge in [0.1, 0.15) is 18.5 Å². The fourth-order valence-electron chi connectivity index (χ4n) is 4.14. The van der Waals surface area contributed by atoms with E-state index in [1.807, 2.05) is 79.7 Å². The number of aromatic nitrogens is 1. The summed E-state index contributed by atoms with van der Waals surface area (Å²) in [6.07, 6.45) is 2.87. The van der Waals surface area contributed by atoms with E-state index in [1.165, 1.54) is 0 Å². The van der Waals surface area contributed by atoms with Gasteiger partial charge in [-0.15, -0.1) is 0 Å². The quantitative estimate of drug-likeness (QED) is 0.589. The van der Waals surface area contributed by atoms with Gasteiger partial charge >= 0.3 is 0 Å². The Morgan fingerprint density at radius 2 is 1.70 bits per heavy atom. The Bertz CT molecular complexity index is 1030. The first-order valence-electron chi connectivity index (χ1n) is 11.3. The Hall–Kier alpha value is -3.51. The van der Waals surface area contributed by atoms with Crippen LogP contribution in [0.15, 0.2) is 79.0 Å². The summed E-state index contributed by atoms with van der Waals surface area (Å²) in [5.41, 5.74) is 2.91. The summed E-state index contributed by atoms with van der Waals surface area (Å²) in [6.45, 7) is 2.89. The van der Waals surface area contributed by atoms with Gasteiger partial charge in [-0.25, -0.2) is 4.98 Å². The molecule has 2 heterocycles. The molecule has 4 rings (SSSR count). The zero-order valence-electron chi connectivity index (χ0n) is 18.8. The number of carbonyl (C=O) groups excluding carboxylic acids is 2. The molecule has 1 aromatic heterocycles. The van der Waals surface area contributed by atoms with Crippen LogP contribution in [0.3, 0.4) is 0 Å². The predicted octanol–water partition coefficient (Wildman–Crippen LogP) is 4.37. The van der Waals surface area contributed by atoms with Crippen molar-refractivity contribution in [3.05, 3.63) is 95.7 Å². The van der Waals surface area contributed by atoms with Gasteiger partial charge in [0.2, 0.25) is 11.8 Å². The lowest BCUT2D eigenvalue weighted by molar-refractivity contribution is -0.140. The third-order valence-corrected chi connectivity index (χ3v) is 5.97. The molecule has 0 saturated carbocycles. The molecule has 1 aliphatic rings. The second-order valence-electron chi connectivity index (χ2n) is 8.35. The zero-order chi connectivity index (χ0) is 23.0. The fourth-order valence-corrected chi connectivity index (χ4v) is 4.14. The Morgan fingerprint density at radius 3 is 2.33 bits per heavy atom. The standard InChI is InChI=1S/C27H29N3O3/c1-20-10-8-16-28-26(20)29-27(32)23-15-9-17-30(18-23)24(31)19-33-25(21-11-4-2-5-12-21)22-13-6-3-7-14-22/h2-8,10-14,16,23,25H,9,15,17-19H2,1H3,(H,28,29,32). The van der Waals surface area contributed by atoms with Crippen LogP contribution in [0, 0.1) is 12.8 Å². The van der Waals surface area contributed by atoms with E-state index in [0.29, 0.717) is 18.9 Å². The molecule has 0 aliphatic carbocycles. The molecule has 1 N–H and O–H groups in total. The maximum Gasteiger partial charge on any atom is 0.248 e. The van der Waals surface area contributed by atoms with Crippen LogP contribution in [0.4, 0.5) is 5.82 Å². The lowest BCUT2D eigenvalue weighted by atomic mass is 9.97. The van der Waals surface area contributed by atoms with Crippen molar-refractivity contribution < 1.29 is 14.3 Å². The molecule has 170 valence electrons. The summed E-state index contributed by atoms with van der Waals surface area (Å²) in [7, 11) is 0. The number of benzene rings is 2. The van der Waals surface area contributed by atoms with E-state index in [0.717, 1.165) is 29.5 Å². The number of nitrogens with one attached hydrogen (secondary N) is 1. The summed E-state index contributed by atoms with van der Waals surface area (Å²) in [4.78, 5) is 31.8. The highest BCUT2D eigenvalue weighted by atomic mass is 16.5. The SMILES string of the molecule is Cc1cccnc1NC(=O)C1CCCN(C(=O)COC(c2ccccc2)c2ccccc2)C1. The van der Waals surface area contributed by atoms with Crippen molar-refractivity contribution in [3.8, 4) is 0 Å². The van der Waals surface area contributed by atoms with Crippen molar-refractivity contribution in [2.45, 2.75) is 25.9 Å². The molecule has 6 heteroatoms. The van der Waals surface area contributed by atoms with E-state index in [9.17, 15) is 9.59 Å². The molecule has 0 bridgehead atoms. The minimum atomic E-state index is -0.327. The van der Waals surface area contributed by atoms with Crippen LogP contribution in [-0.4, -0.2) is 41.4 Å². The van der Waals surface area contributed by atoms with E-state index in [4.69, 9.17) is 4.74 Å². The first-order chi connectivity index (χ1) is 16.1. The number of aryl methyl sites for hydroxylation is 1. The number of hydrogen-bond acceptors (Lipinski definition) is 4. The number of anilines is 1. The Balaban J connectivity index is 1.38. The molecular weight excluding hydrogens is 414 g/mol. The van der Waals surface area contributed by atoms with Crippen molar-refractivity contribution in [1.29, 1.82) is 0 Å². The molecule has 2 amide bonds. The molecule has 3 aromatic rings.